The fourth-order valence-electron chi connectivity index (χ4n) is 4.79. The number of benzene rings is 2. The van der Waals surface area contributed by atoms with Crippen molar-refractivity contribution in [2.24, 2.45) is 10.9 Å². The first-order chi connectivity index (χ1) is 16.1. The van der Waals surface area contributed by atoms with Crippen LogP contribution in [-0.2, 0) is 13.0 Å². The summed E-state index contributed by atoms with van der Waals surface area (Å²) in [6, 6.07) is 14.9. The Labute approximate surface area is 193 Å². The number of anilines is 2. The van der Waals surface area contributed by atoms with Gasteiger partial charge in [-0.2, -0.15) is 10.2 Å². The van der Waals surface area contributed by atoms with E-state index in [1.165, 1.54) is 11.1 Å². The highest BCUT2D eigenvalue weighted by Gasteiger charge is 2.34. The molecule has 170 valence electrons. The van der Waals surface area contributed by atoms with Crippen LogP contribution in [0.1, 0.15) is 25.0 Å². The first kappa shape index (κ1) is 21.3. The number of aliphatic imine (C=N–C) groups is 1. The number of nitrogens with one attached hydrogen (secondary N) is 2. The number of piperazine rings is 1. The summed E-state index contributed by atoms with van der Waals surface area (Å²) in [5.41, 5.74) is 5.30. The van der Waals surface area contributed by atoms with E-state index in [9.17, 15) is 5.26 Å². The summed E-state index contributed by atoms with van der Waals surface area (Å²) in [5.74, 6) is 0.956. The summed E-state index contributed by atoms with van der Waals surface area (Å²) in [5, 5.41) is 16.4. The Morgan fingerprint density at radius 1 is 1.24 bits per heavy atom. The molecule has 0 aliphatic carbocycles. The number of para-hydroxylation sites is 2. The van der Waals surface area contributed by atoms with Gasteiger partial charge < -0.3 is 24.9 Å². The van der Waals surface area contributed by atoms with Crippen LogP contribution in [-0.4, -0.2) is 48.1 Å². The second-order valence-electron chi connectivity index (χ2n) is 8.95. The molecule has 0 bridgehead atoms. The van der Waals surface area contributed by atoms with Gasteiger partial charge in [0.05, 0.1) is 6.04 Å². The molecule has 1 unspecified atom stereocenters. The topological polar surface area (TPSA) is 92.7 Å². The van der Waals surface area contributed by atoms with Crippen molar-refractivity contribution in [2.45, 2.75) is 32.9 Å². The molecule has 0 radical (unpaired) electrons. The fourth-order valence-corrected chi connectivity index (χ4v) is 4.79. The number of hydrogen-bond donors (Lipinski definition) is 2. The van der Waals surface area contributed by atoms with E-state index in [0.29, 0.717) is 24.4 Å². The number of guanidine groups is 1. The van der Waals surface area contributed by atoms with Crippen molar-refractivity contribution in [1.82, 2.24) is 15.2 Å². The Morgan fingerprint density at radius 2 is 2.12 bits per heavy atom. The van der Waals surface area contributed by atoms with Crippen LogP contribution in [0.2, 0.25) is 0 Å². The monoisotopic (exact) mass is 443 g/mol. The van der Waals surface area contributed by atoms with Crippen LogP contribution in [0.4, 0.5) is 11.7 Å². The van der Waals surface area contributed by atoms with E-state index < -0.39 is 0 Å². The van der Waals surface area contributed by atoms with E-state index >= 15 is 0 Å². The quantitative estimate of drug-likeness (QED) is 0.363. The van der Waals surface area contributed by atoms with Crippen LogP contribution in [0.5, 0.6) is 0 Å². The molecule has 8 heteroatoms. The Hall–Kier alpha value is -3.57. The SMILES string of the molecule is CC(C)C1CN(c2nc3ccccc3o2)CCN1/C(=N/C#N)Nc1cccc2c1CCNC2. The van der Waals surface area contributed by atoms with Gasteiger partial charge in [0.15, 0.2) is 5.58 Å². The molecule has 33 heavy (non-hydrogen) atoms. The highest BCUT2D eigenvalue weighted by atomic mass is 16.4. The Kier molecular flexibility index (Phi) is 5.88. The molecule has 2 aliphatic heterocycles. The summed E-state index contributed by atoms with van der Waals surface area (Å²) in [6.07, 6.45) is 2.97. The van der Waals surface area contributed by atoms with Crippen molar-refractivity contribution in [3.8, 4) is 6.19 Å². The van der Waals surface area contributed by atoms with E-state index in [1.54, 1.807) is 0 Å². The number of aromatic nitrogens is 1. The zero-order chi connectivity index (χ0) is 22.8. The lowest BCUT2D eigenvalue weighted by Crippen LogP contribution is -2.58. The van der Waals surface area contributed by atoms with Crippen molar-refractivity contribution in [3.63, 3.8) is 0 Å². The minimum absolute atomic E-state index is 0.148. The zero-order valence-electron chi connectivity index (χ0n) is 19.1. The molecule has 3 heterocycles. The van der Waals surface area contributed by atoms with Gasteiger partial charge in [0, 0.05) is 31.9 Å². The third-order valence-corrected chi connectivity index (χ3v) is 6.56. The number of oxazole rings is 1. The Balaban J connectivity index is 1.40. The van der Waals surface area contributed by atoms with E-state index in [2.05, 4.69) is 62.5 Å². The number of nitrogens with zero attached hydrogens (tertiary/aromatic N) is 5. The normalized spacial score (nSPS) is 19.0. The van der Waals surface area contributed by atoms with Crippen molar-refractivity contribution >= 4 is 28.8 Å². The lowest BCUT2D eigenvalue weighted by Gasteiger charge is -2.44. The summed E-state index contributed by atoms with van der Waals surface area (Å²) in [4.78, 5) is 13.3. The van der Waals surface area contributed by atoms with Gasteiger partial charge in [0.25, 0.3) is 6.01 Å². The van der Waals surface area contributed by atoms with Gasteiger partial charge >= 0.3 is 0 Å². The first-order valence-electron chi connectivity index (χ1n) is 11.6. The maximum atomic E-state index is 9.47. The molecule has 3 aromatic rings. The van der Waals surface area contributed by atoms with Gasteiger partial charge in [-0.05, 0) is 48.2 Å². The van der Waals surface area contributed by atoms with Gasteiger partial charge in [-0.1, -0.05) is 38.1 Å². The summed E-state index contributed by atoms with van der Waals surface area (Å²) in [7, 11) is 0. The van der Waals surface area contributed by atoms with Crippen molar-refractivity contribution in [2.75, 3.05) is 36.4 Å². The fraction of sp³-hybridized carbons (Fsp3) is 0.400. The van der Waals surface area contributed by atoms with E-state index in [1.807, 2.05) is 30.5 Å². The van der Waals surface area contributed by atoms with Gasteiger partial charge in [0.2, 0.25) is 12.2 Å². The summed E-state index contributed by atoms with van der Waals surface area (Å²) in [6.45, 7) is 8.42. The van der Waals surface area contributed by atoms with Crippen molar-refractivity contribution < 1.29 is 4.42 Å². The molecule has 1 aromatic heterocycles. The predicted octanol–water partition coefficient (Wildman–Crippen LogP) is 3.57. The maximum Gasteiger partial charge on any atom is 0.298 e. The average Bonchev–Trinajstić information content (AvgIpc) is 3.28. The summed E-state index contributed by atoms with van der Waals surface area (Å²) < 4.78 is 6.03. The molecule has 2 aromatic carbocycles. The lowest BCUT2D eigenvalue weighted by molar-refractivity contribution is 0.220. The van der Waals surface area contributed by atoms with E-state index in [4.69, 9.17) is 4.42 Å². The molecule has 2 N–H and O–H groups in total. The minimum atomic E-state index is 0.148. The molecule has 0 saturated carbocycles. The van der Waals surface area contributed by atoms with Crippen LogP contribution in [0.15, 0.2) is 51.9 Å². The minimum Gasteiger partial charge on any atom is -0.423 e. The molecule has 1 saturated heterocycles. The van der Waals surface area contributed by atoms with E-state index in [-0.39, 0.29) is 6.04 Å². The molecular formula is C25H29N7O. The standard InChI is InChI=1S/C25H29N7O/c1-17(2)22-15-31(25-30-21-7-3-4-9-23(21)33-25)12-13-32(22)24(28-16-26)29-20-8-5-6-18-14-27-11-10-19(18)20/h3-9,17,22,27H,10-15H2,1-2H3,(H,28,29). The second-order valence-corrected chi connectivity index (χ2v) is 8.95. The molecule has 0 amide bonds. The van der Waals surface area contributed by atoms with Gasteiger partial charge in [-0.15, -0.1) is 4.99 Å². The molecular weight excluding hydrogens is 414 g/mol. The largest absolute Gasteiger partial charge is 0.423 e. The van der Waals surface area contributed by atoms with E-state index in [0.717, 1.165) is 49.4 Å². The molecule has 5 rings (SSSR count). The Morgan fingerprint density at radius 3 is 2.94 bits per heavy atom. The highest BCUT2D eigenvalue weighted by molar-refractivity contribution is 5.95. The second kappa shape index (κ2) is 9.12. The number of rotatable bonds is 3. The Bertz CT molecular complexity index is 1180. The molecule has 0 spiro atoms. The molecule has 1 fully saturated rings. The van der Waals surface area contributed by atoms with Crippen LogP contribution in [0.25, 0.3) is 11.1 Å². The average molecular weight is 444 g/mol. The zero-order valence-corrected chi connectivity index (χ0v) is 19.1. The predicted molar refractivity (Wildman–Crippen MR) is 130 cm³/mol. The van der Waals surface area contributed by atoms with Gasteiger partial charge in [0.1, 0.15) is 5.52 Å². The van der Waals surface area contributed by atoms with Gasteiger partial charge in [-0.25, -0.2) is 0 Å². The van der Waals surface area contributed by atoms with Crippen molar-refractivity contribution in [1.29, 1.82) is 5.26 Å². The molecule has 1 atom stereocenters. The molecule has 8 nitrogen and oxygen atoms in total. The van der Waals surface area contributed by atoms with Crippen LogP contribution in [0, 0.1) is 17.4 Å². The highest BCUT2D eigenvalue weighted by Crippen LogP contribution is 2.28. The smallest absolute Gasteiger partial charge is 0.298 e. The third kappa shape index (κ3) is 4.24. The van der Waals surface area contributed by atoms with Crippen molar-refractivity contribution in [3.05, 3.63) is 53.6 Å². The third-order valence-electron chi connectivity index (χ3n) is 6.56. The number of hydrogen-bond acceptors (Lipinski definition) is 6. The van der Waals surface area contributed by atoms with Gasteiger partial charge in [-0.3, -0.25) is 0 Å². The summed E-state index contributed by atoms with van der Waals surface area (Å²) >= 11 is 0. The number of fused-ring (bicyclic) bond motifs is 2. The van der Waals surface area contributed by atoms with Crippen LogP contribution < -0.4 is 15.5 Å². The van der Waals surface area contributed by atoms with Crippen LogP contribution in [0.3, 0.4) is 0 Å². The van der Waals surface area contributed by atoms with Crippen LogP contribution >= 0.6 is 0 Å². The first-order valence-corrected chi connectivity index (χ1v) is 11.6. The number of nitriles is 1. The maximum absolute atomic E-state index is 9.47. The lowest BCUT2D eigenvalue weighted by atomic mass is 9.98. The molecule has 2 aliphatic rings.